The van der Waals surface area contributed by atoms with E-state index in [-0.39, 0.29) is 35.5 Å². The lowest BCUT2D eigenvalue weighted by Gasteiger charge is -2.41. The molecule has 6 atom stereocenters. The number of hydrogen-bond donors (Lipinski definition) is 1. The van der Waals surface area contributed by atoms with Crippen molar-refractivity contribution in [1.29, 1.82) is 0 Å². The van der Waals surface area contributed by atoms with Crippen molar-refractivity contribution in [2.45, 2.75) is 81.8 Å². The highest BCUT2D eigenvalue weighted by molar-refractivity contribution is 8.02. The second-order valence-corrected chi connectivity index (χ2v) is 12.4. The first kappa shape index (κ1) is 29.8. The Labute approximate surface area is 227 Å². The predicted molar refractivity (Wildman–Crippen MR) is 150 cm³/mol. The van der Waals surface area contributed by atoms with E-state index in [0.29, 0.717) is 45.6 Å². The maximum absolute atomic E-state index is 14.3. The zero-order valence-corrected chi connectivity index (χ0v) is 23.9. The summed E-state index contributed by atoms with van der Waals surface area (Å²) in [5, 5.41) is 9.44. The quantitative estimate of drug-likeness (QED) is 0.242. The molecule has 2 bridgehead atoms. The minimum absolute atomic E-state index is 0.0135. The van der Waals surface area contributed by atoms with Crippen molar-refractivity contribution >= 4 is 29.5 Å². The predicted octanol–water partition coefficient (Wildman–Crippen LogP) is 3.73. The number of unbranched alkanes of at least 4 members (excludes halogenated alkanes) is 3. The second-order valence-electron chi connectivity index (χ2n) is 10.9. The molecule has 8 heteroatoms. The van der Waals surface area contributed by atoms with Gasteiger partial charge in [0.2, 0.25) is 17.7 Å². The van der Waals surface area contributed by atoms with Gasteiger partial charge in [-0.2, -0.15) is 0 Å². The molecular weight excluding hydrogens is 486 g/mol. The standard InChI is InChI=1S/C29H47N3O4S/c1-6-10-11-17-31(16-9-4)28(36)25-29-21(5)20-22(37-29)23(26(34)30(14-7-2)15-8-3)24(29)27(35)32(25)18-12-13-19-33/h7,9,21-25,33H,2,4,6,8,10-20H2,1,3,5H3/t21?,22-,23+,24-,25?,29?/m0/s1. The summed E-state index contributed by atoms with van der Waals surface area (Å²) in [7, 11) is 0. The molecular formula is C29H47N3O4S. The smallest absolute Gasteiger partial charge is 0.247 e. The van der Waals surface area contributed by atoms with Gasteiger partial charge in [-0.25, -0.2) is 0 Å². The Kier molecular flexibility index (Phi) is 10.7. The third-order valence-electron chi connectivity index (χ3n) is 8.42. The van der Waals surface area contributed by atoms with Gasteiger partial charge in [0.25, 0.3) is 0 Å². The number of hydrogen-bond acceptors (Lipinski definition) is 5. The lowest BCUT2D eigenvalue weighted by atomic mass is 9.65. The van der Waals surface area contributed by atoms with E-state index in [2.05, 4.69) is 27.0 Å². The number of rotatable bonds is 16. The minimum atomic E-state index is -0.603. The van der Waals surface area contributed by atoms with Crippen molar-refractivity contribution < 1.29 is 19.5 Å². The summed E-state index contributed by atoms with van der Waals surface area (Å²) in [5.74, 6) is -0.796. The summed E-state index contributed by atoms with van der Waals surface area (Å²) in [6.07, 6.45) is 9.42. The Morgan fingerprint density at radius 2 is 1.73 bits per heavy atom. The number of thioether (sulfide) groups is 1. The van der Waals surface area contributed by atoms with Crippen LogP contribution in [-0.2, 0) is 14.4 Å². The van der Waals surface area contributed by atoms with Crippen LogP contribution in [0.2, 0.25) is 0 Å². The van der Waals surface area contributed by atoms with Crippen LogP contribution >= 0.6 is 11.8 Å². The molecule has 1 spiro atoms. The first-order chi connectivity index (χ1) is 17.8. The number of carbonyl (C=O) groups excluding carboxylic acids is 3. The van der Waals surface area contributed by atoms with Gasteiger partial charge in [-0.05, 0) is 38.0 Å². The normalized spacial score (nSPS) is 29.9. The van der Waals surface area contributed by atoms with Crippen LogP contribution in [0.3, 0.4) is 0 Å². The largest absolute Gasteiger partial charge is 0.396 e. The maximum atomic E-state index is 14.3. The van der Waals surface area contributed by atoms with E-state index in [1.807, 2.05) is 16.7 Å². The summed E-state index contributed by atoms with van der Waals surface area (Å²) in [5.41, 5.74) is 0. The van der Waals surface area contributed by atoms with Crippen LogP contribution in [0.4, 0.5) is 0 Å². The van der Waals surface area contributed by atoms with Crippen molar-refractivity contribution in [1.82, 2.24) is 14.7 Å². The first-order valence-corrected chi connectivity index (χ1v) is 15.1. The van der Waals surface area contributed by atoms with Crippen LogP contribution in [0.5, 0.6) is 0 Å². The molecule has 3 aliphatic heterocycles. The molecule has 3 rings (SSSR count). The van der Waals surface area contributed by atoms with Gasteiger partial charge in [0.05, 0.1) is 16.6 Å². The van der Waals surface area contributed by atoms with Crippen LogP contribution < -0.4 is 0 Å². The Morgan fingerprint density at radius 3 is 2.32 bits per heavy atom. The summed E-state index contributed by atoms with van der Waals surface area (Å²) in [6.45, 7) is 16.7. The number of carbonyl (C=O) groups is 3. The Morgan fingerprint density at radius 1 is 1.05 bits per heavy atom. The van der Waals surface area contributed by atoms with Crippen molar-refractivity contribution in [3.8, 4) is 0 Å². The van der Waals surface area contributed by atoms with Crippen molar-refractivity contribution in [2.75, 3.05) is 39.3 Å². The van der Waals surface area contributed by atoms with E-state index in [0.717, 1.165) is 32.1 Å². The molecule has 0 aromatic rings. The summed E-state index contributed by atoms with van der Waals surface area (Å²) in [4.78, 5) is 47.9. The molecule has 37 heavy (non-hydrogen) atoms. The summed E-state index contributed by atoms with van der Waals surface area (Å²) in [6, 6.07) is -0.591. The van der Waals surface area contributed by atoms with Crippen LogP contribution in [0.1, 0.15) is 65.7 Å². The van der Waals surface area contributed by atoms with Crippen molar-refractivity contribution in [3.05, 3.63) is 25.3 Å². The molecule has 3 aliphatic rings. The Hall–Kier alpha value is -1.80. The molecule has 7 nitrogen and oxygen atoms in total. The zero-order chi connectivity index (χ0) is 27.2. The van der Waals surface area contributed by atoms with Crippen LogP contribution in [-0.4, -0.2) is 92.9 Å². The van der Waals surface area contributed by atoms with Crippen molar-refractivity contribution in [2.24, 2.45) is 17.8 Å². The minimum Gasteiger partial charge on any atom is -0.396 e. The average molecular weight is 534 g/mol. The number of nitrogens with zero attached hydrogens (tertiary/aromatic N) is 3. The summed E-state index contributed by atoms with van der Waals surface area (Å²) < 4.78 is -0.603. The monoisotopic (exact) mass is 533 g/mol. The molecule has 0 aromatic carbocycles. The molecule has 3 saturated heterocycles. The third-order valence-corrected chi connectivity index (χ3v) is 10.5. The van der Waals surface area contributed by atoms with E-state index in [1.54, 1.807) is 28.8 Å². The van der Waals surface area contributed by atoms with Gasteiger partial charge < -0.3 is 19.8 Å². The van der Waals surface area contributed by atoms with Gasteiger partial charge in [0, 0.05) is 44.6 Å². The van der Waals surface area contributed by atoms with Gasteiger partial charge in [-0.3, -0.25) is 14.4 Å². The number of amides is 3. The van der Waals surface area contributed by atoms with Crippen molar-refractivity contribution in [3.63, 3.8) is 0 Å². The highest BCUT2D eigenvalue weighted by Gasteiger charge is 2.76. The Bertz CT molecular complexity index is 851. The zero-order valence-electron chi connectivity index (χ0n) is 23.1. The maximum Gasteiger partial charge on any atom is 0.247 e. The van der Waals surface area contributed by atoms with E-state index < -0.39 is 22.6 Å². The molecule has 3 unspecified atom stereocenters. The SMILES string of the molecule is C=CCN(CCCCC)C(=O)C1N(CCCCO)C(=O)[C@@H]2[C@H](C(=O)N(CC=C)CCC)[C@@H]3CC(C)C12S3. The van der Waals surface area contributed by atoms with Crippen LogP contribution in [0, 0.1) is 17.8 Å². The summed E-state index contributed by atoms with van der Waals surface area (Å²) >= 11 is 1.74. The first-order valence-electron chi connectivity index (χ1n) is 14.2. The fourth-order valence-electron chi connectivity index (χ4n) is 6.82. The average Bonchev–Trinajstić information content (AvgIpc) is 3.46. The van der Waals surface area contributed by atoms with Gasteiger partial charge in [-0.1, -0.05) is 45.8 Å². The lowest BCUT2D eigenvalue weighted by molar-refractivity contribution is -0.144. The number of likely N-dealkylation sites (tertiary alicyclic amines) is 1. The van der Waals surface area contributed by atoms with Crippen LogP contribution in [0.15, 0.2) is 25.3 Å². The van der Waals surface area contributed by atoms with Crippen LogP contribution in [0.25, 0.3) is 0 Å². The molecule has 0 aliphatic carbocycles. The topological polar surface area (TPSA) is 81.2 Å². The number of fused-ring (bicyclic) bond motifs is 1. The molecule has 0 aromatic heterocycles. The number of aliphatic hydroxyl groups is 1. The van der Waals surface area contributed by atoms with E-state index in [4.69, 9.17) is 0 Å². The molecule has 0 radical (unpaired) electrons. The number of aliphatic hydroxyl groups excluding tert-OH is 1. The molecule has 1 N–H and O–H groups in total. The second kappa shape index (κ2) is 13.3. The molecule has 208 valence electrons. The third kappa shape index (κ3) is 5.51. The fourth-order valence-corrected chi connectivity index (χ4v) is 9.23. The highest BCUT2D eigenvalue weighted by atomic mass is 32.2. The van der Waals surface area contributed by atoms with E-state index in [9.17, 15) is 19.5 Å². The highest BCUT2D eigenvalue weighted by Crippen LogP contribution is 2.68. The van der Waals surface area contributed by atoms with E-state index in [1.165, 1.54) is 0 Å². The van der Waals surface area contributed by atoms with Gasteiger partial charge >= 0.3 is 0 Å². The van der Waals surface area contributed by atoms with Gasteiger partial charge in [0.1, 0.15) is 6.04 Å². The van der Waals surface area contributed by atoms with Gasteiger partial charge in [-0.15, -0.1) is 24.9 Å². The molecule has 3 amide bonds. The van der Waals surface area contributed by atoms with E-state index >= 15 is 0 Å². The lowest BCUT2D eigenvalue weighted by Crippen LogP contribution is -2.57. The molecule has 0 saturated carbocycles. The molecule has 3 heterocycles. The Balaban J connectivity index is 2.02. The molecule has 3 fully saturated rings. The fraction of sp³-hybridized carbons (Fsp3) is 0.759. The van der Waals surface area contributed by atoms with Gasteiger partial charge in [0.15, 0.2) is 0 Å².